The van der Waals surface area contributed by atoms with E-state index < -0.39 is 0 Å². The summed E-state index contributed by atoms with van der Waals surface area (Å²) >= 11 is 0. The predicted molar refractivity (Wildman–Crippen MR) is 35.2 cm³/mol. The lowest BCUT2D eigenvalue weighted by Crippen LogP contribution is -1.76. The van der Waals surface area contributed by atoms with E-state index in [0.29, 0.717) is 0 Å². The summed E-state index contributed by atoms with van der Waals surface area (Å²) in [6.07, 6.45) is 0.844. The van der Waals surface area contributed by atoms with Crippen molar-refractivity contribution in [2.75, 3.05) is 0 Å². The third kappa shape index (κ3) is 1.14. The molecule has 1 N–H and O–H groups in total. The summed E-state index contributed by atoms with van der Waals surface area (Å²) in [6, 6.07) is 8.83. The molecule has 0 saturated carbocycles. The smallest absolute Gasteiger partial charge is 0.170 e. The summed E-state index contributed by atoms with van der Waals surface area (Å²) in [4.78, 5) is 0. The van der Waals surface area contributed by atoms with E-state index in [1.165, 1.54) is 0 Å². The summed E-state index contributed by atoms with van der Waals surface area (Å²) in [5.74, 6) is 0.222. The summed E-state index contributed by atoms with van der Waals surface area (Å²) < 4.78 is 0. The van der Waals surface area contributed by atoms with Crippen LogP contribution in [-0.4, -0.2) is 5.11 Å². The molecule has 0 radical (unpaired) electrons. The van der Waals surface area contributed by atoms with Crippen molar-refractivity contribution in [3.05, 3.63) is 29.8 Å². The minimum atomic E-state index is 0.222. The SMILES string of the molecule is CCc1ccc#cc1O. The highest BCUT2D eigenvalue weighted by molar-refractivity contribution is 5.26. The van der Waals surface area contributed by atoms with Gasteiger partial charge in [0.05, 0.1) is 0 Å². The van der Waals surface area contributed by atoms with Gasteiger partial charge in [-0.15, -0.1) is 0 Å². The summed E-state index contributed by atoms with van der Waals surface area (Å²) in [7, 11) is 0. The zero-order chi connectivity index (χ0) is 6.69. The van der Waals surface area contributed by atoms with Gasteiger partial charge in [-0.25, -0.2) is 0 Å². The average molecular weight is 120 g/mol. The Labute approximate surface area is 55.0 Å². The first-order valence-corrected chi connectivity index (χ1v) is 2.94. The number of hydrogen-bond acceptors (Lipinski definition) is 1. The van der Waals surface area contributed by atoms with Crippen molar-refractivity contribution in [3.63, 3.8) is 0 Å². The van der Waals surface area contributed by atoms with Crippen molar-refractivity contribution < 1.29 is 5.11 Å². The maximum atomic E-state index is 9.02. The minimum Gasteiger partial charge on any atom is -0.500 e. The standard InChI is InChI=1S/C8H8O/c1-2-7-5-3-4-6-8(7)9/h3,5,9H,2H2,1H3. The molecule has 1 rings (SSSR count). The quantitative estimate of drug-likeness (QED) is 0.596. The molecule has 9 heavy (non-hydrogen) atoms. The van der Waals surface area contributed by atoms with Crippen molar-refractivity contribution in [2.45, 2.75) is 13.3 Å². The highest BCUT2D eigenvalue weighted by Gasteiger charge is 1.91. The van der Waals surface area contributed by atoms with Crippen molar-refractivity contribution in [3.8, 4) is 5.75 Å². The van der Waals surface area contributed by atoms with Crippen LogP contribution in [0.4, 0.5) is 0 Å². The summed E-state index contributed by atoms with van der Waals surface area (Å²) in [5, 5.41) is 9.02. The molecular formula is C8H8O. The molecule has 0 spiro atoms. The fraction of sp³-hybridized carbons (Fsp3) is 0.250. The zero-order valence-electron chi connectivity index (χ0n) is 5.31. The Morgan fingerprint density at radius 3 is 2.89 bits per heavy atom. The van der Waals surface area contributed by atoms with E-state index in [4.69, 9.17) is 5.11 Å². The van der Waals surface area contributed by atoms with Crippen LogP contribution in [0, 0.1) is 12.1 Å². The van der Waals surface area contributed by atoms with Crippen LogP contribution in [0.2, 0.25) is 0 Å². The molecule has 1 aromatic carbocycles. The van der Waals surface area contributed by atoms with E-state index >= 15 is 0 Å². The molecule has 46 valence electrons. The molecule has 0 amide bonds. The normalized spacial score (nSPS) is 8.56. The number of hydrogen-bond donors (Lipinski definition) is 1. The Morgan fingerprint density at radius 1 is 1.67 bits per heavy atom. The van der Waals surface area contributed by atoms with E-state index in [2.05, 4.69) is 12.1 Å². The second-order valence-electron chi connectivity index (χ2n) is 1.83. The van der Waals surface area contributed by atoms with Gasteiger partial charge < -0.3 is 5.11 Å². The molecule has 1 aromatic rings. The topological polar surface area (TPSA) is 20.2 Å². The van der Waals surface area contributed by atoms with Gasteiger partial charge >= 0.3 is 0 Å². The molecule has 0 aliphatic carbocycles. The number of aromatic hydroxyl groups is 1. The Balaban J connectivity index is 3.01. The van der Waals surface area contributed by atoms with Crippen LogP contribution in [0.3, 0.4) is 0 Å². The highest BCUT2D eigenvalue weighted by atomic mass is 16.3. The molecule has 0 unspecified atom stereocenters. The first-order valence-electron chi connectivity index (χ1n) is 2.94. The number of aryl methyl sites for hydroxylation is 1. The maximum absolute atomic E-state index is 9.02. The van der Waals surface area contributed by atoms with Crippen LogP contribution >= 0.6 is 0 Å². The summed E-state index contributed by atoms with van der Waals surface area (Å²) in [5.41, 5.74) is 0.925. The lowest BCUT2D eigenvalue weighted by Gasteiger charge is -1.92. The lowest BCUT2D eigenvalue weighted by molar-refractivity contribution is 0.469. The second kappa shape index (κ2) is 2.41. The number of rotatable bonds is 1. The van der Waals surface area contributed by atoms with Crippen LogP contribution in [-0.2, 0) is 6.42 Å². The molecule has 0 aliphatic heterocycles. The molecule has 0 atom stereocenters. The molecule has 0 aliphatic rings. The Bertz CT molecular complexity index is 194. The second-order valence-corrected chi connectivity index (χ2v) is 1.83. The molecule has 0 bridgehead atoms. The predicted octanol–water partition coefficient (Wildman–Crippen LogP) is 1.55. The van der Waals surface area contributed by atoms with Crippen LogP contribution in [0.1, 0.15) is 12.5 Å². The third-order valence-corrected chi connectivity index (χ3v) is 1.24. The average Bonchev–Trinajstić information content (AvgIpc) is 1.89. The van der Waals surface area contributed by atoms with Crippen LogP contribution in [0.5, 0.6) is 5.75 Å². The van der Waals surface area contributed by atoms with Gasteiger partial charge in [0.25, 0.3) is 0 Å². The van der Waals surface area contributed by atoms with Gasteiger partial charge in [0, 0.05) is 5.56 Å². The minimum absolute atomic E-state index is 0.222. The molecule has 1 heteroatoms. The fourth-order valence-corrected chi connectivity index (χ4v) is 0.697. The Morgan fingerprint density at radius 2 is 2.44 bits per heavy atom. The van der Waals surface area contributed by atoms with Gasteiger partial charge in [-0.1, -0.05) is 13.0 Å². The van der Waals surface area contributed by atoms with Gasteiger partial charge in [0.2, 0.25) is 0 Å². The largest absolute Gasteiger partial charge is 0.500 e. The van der Waals surface area contributed by atoms with Gasteiger partial charge in [-0.3, -0.25) is 0 Å². The molecular weight excluding hydrogens is 112 g/mol. The Hall–Kier alpha value is -1.16. The summed E-state index contributed by atoms with van der Waals surface area (Å²) in [6.45, 7) is 1.99. The van der Waals surface area contributed by atoms with Crippen LogP contribution in [0.15, 0.2) is 12.1 Å². The van der Waals surface area contributed by atoms with Gasteiger partial charge in [-0.2, -0.15) is 0 Å². The van der Waals surface area contributed by atoms with Crippen molar-refractivity contribution in [1.29, 1.82) is 0 Å². The first kappa shape index (κ1) is 5.97. The van der Waals surface area contributed by atoms with E-state index in [9.17, 15) is 0 Å². The van der Waals surface area contributed by atoms with Crippen molar-refractivity contribution in [1.82, 2.24) is 0 Å². The molecule has 0 fully saturated rings. The van der Waals surface area contributed by atoms with E-state index in [0.717, 1.165) is 12.0 Å². The maximum Gasteiger partial charge on any atom is 0.170 e. The molecule has 1 nitrogen and oxygen atoms in total. The van der Waals surface area contributed by atoms with Crippen LogP contribution in [0.25, 0.3) is 0 Å². The zero-order valence-corrected chi connectivity index (χ0v) is 5.31. The lowest BCUT2D eigenvalue weighted by atomic mass is 10.2. The van der Waals surface area contributed by atoms with Gasteiger partial charge in [0.1, 0.15) is 0 Å². The van der Waals surface area contributed by atoms with E-state index in [1.54, 1.807) is 6.07 Å². The van der Waals surface area contributed by atoms with Crippen molar-refractivity contribution in [2.24, 2.45) is 0 Å². The monoisotopic (exact) mass is 120 g/mol. The first-order chi connectivity index (χ1) is 4.34. The molecule has 0 aromatic heterocycles. The highest BCUT2D eigenvalue weighted by Crippen LogP contribution is 2.11. The third-order valence-electron chi connectivity index (χ3n) is 1.24. The van der Waals surface area contributed by atoms with Crippen molar-refractivity contribution >= 4 is 0 Å². The fourth-order valence-electron chi connectivity index (χ4n) is 0.697. The van der Waals surface area contributed by atoms with Crippen LogP contribution < -0.4 is 0 Å². The van der Waals surface area contributed by atoms with E-state index in [-0.39, 0.29) is 5.75 Å². The Kier molecular flexibility index (Phi) is 1.60. The van der Waals surface area contributed by atoms with Gasteiger partial charge in [0.15, 0.2) is 5.75 Å². The van der Waals surface area contributed by atoms with E-state index in [1.807, 2.05) is 13.0 Å². The molecule has 0 saturated heterocycles. The molecule has 0 heterocycles. The van der Waals surface area contributed by atoms with Gasteiger partial charge in [-0.05, 0) is 24.6 Å².